The molecular formula is C20H19F5N6O. The Morgan fingerprint density at radius 3 is 2.84 bits per heavy atom. The molecule has 1 aliphatic rings. The van der Waals surface area contributed by atoms with Gasteiger partial charge in [0.2, 0.25) is 0 Å². The smallest absolute Gasteiger partial charge is 0.255 e. The number of nitrogens with zero attached hydrogens (tertiary/aromatic N) is 3. The summed E-state index contributed by atoms with van der Waals surface area (Å²) >= 11 is 0. The molecular weight excluding hydrogens is 435 g/mol. The van der Waals surface area contributed by atoms with E-state index in [1.54, 1.807) is 0 Å². The fourth-order valence-corrected chi connectivity index (χ4v) is 3.46. The van der Waals surface area contributed by atoms with E-state index in [0.717, 1.165) is 0 Å². The van der Waals surface area contributed by atoms with E-state index in [1.165, 1.54) is 28.9 Å². The predicted octanol–water partition coefficient (Wildman–Crippen LogP) is 2.78. The SMILES string of the molecule is O=C(NCC(F)F)c1ccn2c(-c3nc(N[C@H]4CNCC[C@@H]4F)c(F)cc3F)cnc2c1. The van der Waals surface area contributed by atoms with Gasteiger partial charge in [-0.05, 0) is 25.1 Å². The second kappa shape index (κ2) is 9.07. The summed E-state index contributed by atoms with van der Waals surface area (Å²) in [7, 11) is 0. The molecule has 3 aromatic heterocycles. The Morgan fingerprint density at radius 1 is 1.28 bits per heavy atom. The van der Waals surface area contributed by atoms with Gasteiger partial charge in [0.1, 0.15) is 17.5 Å². The Balaban J connectivity index is 1.64. The van der Waals surface area contributed by atoms with E-state index in [-0.39, 0.29) is 41.4 Å². The number of pyridine rings is 2. The highest BCUT2D eigenvalue weighted by Gasteiger charge is 2.26. The van der Waals surface area contributed by atoms with Gasteiger partial charge in [-0.1, -0.05) is 0 Å². The number of carbonyl (C=O) groups is 1. The van der Waals surface area contributed by atoms with Crippen LogP contribution in [0.2, 0.25) is 0 Å². The minimum absolute atomic E-state index is 0.0870. The number of hydrogen-bond acceptors (Lipinski definition) is 5. The molecule has 0 saturated carbocycles. The van der Waals surface area contributed by atoms with Crippen molar-refractivity contribution in [3.8, 4) is 11.4 Å². The van der Waals surface area contributed by atoms with Crippen LogP contribution in [-0.4, -0.2) is 58.5 Å². The first-order valence-corrected chi connectivity index (χ1v) is 9.84. The summed E-state index contributed by atoms with van der Waals surface area (Å²) in [4.78, 5) is 20.1. The van der Waals surface area contributed by atoms with Crippen molar-refractivity contribution >= 4 is 17.4 Å². The van der Waals surface area contributed by atoms with Gasteiger partial charge in [-0.25, -0.2) is 31.9 Å². The van der Waals surface area contributed by atoms with Crippen molar-refractivity contribution in [1.29, 1.82) is 0 Å². The van der Waals surface area contributed by atoms with Gasteiger partial charge in [-0.15, -0.1) is 0 Å². The summed E-state index contributed by atoms with van der Waals surface area (Å²) in [5.74, 6) is -2.92. The summed E-state index contributed by atoms with van der Waals surface area (Å²) in [5, 5.41) is 7.77. The second-order valence-corrected chi connectivity index (χ2v) is 7.30. The van der Waals surface area contributed by atoms with Crippen LogP contribution in [-0.2, 0) is 0 Å². The Kier molecular flexibility index (Phi) is 6.21. The molecule has 0 radical (unpaired) electrons. The first-order chi connectivity index (χ1) is 15.3. The molecule has 1 saturated heterocycles. The van der Waals surface area contributed by atoms with Gasteiger partial charge in [-0.2, -0.15) is 0 Å². The summed E-state index contributed by atoms with van der Waals surface area (Å²) < 4.78 is 69.0. The number of amides is 1. The van der Waals surface area contributed by atoms with Crippen molar-refractivity contribution in [3.63, 3.8) is 0 Å². The van der Waals surface area contributed by atoms with E-state index in [2.05, 4.69) is 25.9 Å². The number of hydrogen-bond donors (Lipinski definition) is 3. The normalized spacial score (nSPS) is 18.8. The molecule has 0 aromatic carbocycles. The first-order valence-electron chi connectivity index (χ1n) is 9.84. The number of alkyl halides is 3. The highest BCUT2D eigenvalue weighted by molar-refractivity contribution is 5.95. The van der Waals surface area contributed by atoms with E-state index in [4.69, 9.17) is 0 Å². The molecule has 1 aliphatic heterocycles. The van der Waals surface area contributed by atoms with Crippen molar-refractivity contribution < 1.29 is 26.7 Å². The van der Waals surface area contributed by atoms with E-state index >= 15 is 0 Å². The molecule has 32 heavy (non-hydrogen) atoms. The molecule has 1 amide bonds. The molecule has 7 nitrogen and oxygen atoms in total. The molecule has 1 fully saturated rings. The molecule has 4 rings (SSSR count). The lowest BCUT2D eigenvalue weighted by molar-refractivity contribution is 0.0891. The maximum absolute atomic E-state index is 14.6. The fourth-order valence-electron chi connectivity index (χ4n) is 3.46. The summed E-state index contributed by atoms with van der Waals surface area (Å²) in [6, 6.07) is 2.62. The predicted molar refractivity (Wildman–Crippen MR) is 106 cm³/mol. The van der Waals surface area contributed by atoms with Crippen LogP contribution in [0.1, 0.15) is 16.8 Å². The molecule has 0 unspecified atom stereocenters. The Labute approximate surface area is 179 Å². The number of carbonyl (C=O) groups excluding carboxylic acids is 1. The van der Waals surface area contributed by atoms with Crippen LogP contribution < -0.4 is 16.0 Å². The van der Waals surface area contributed by atoms with Crippen LogP contribution in [0.4, 0.5) is 27.8 Å². The Morgan fingerprint density at radius 2 is 2.09 bits per heavy atom. The number of fused-ring (bicyclic) bond motifs is 1. The zero-order chi connectivity index (χ0) is 22.8. The van der Waals surface area contributed by atoms with E-state index in [0.29, 0.717) is 12.6 Å². The third-order valence-electron chi connectivity index (χ3n) is 5.08. The third-order valence-corrected chi connectivity index (χ3v) is 5.08. The molecule has 3 aromatic rings. The molecule has 2 atom stereocenters. The minimum atomic E-state index is -2.69. The number of imidazole rings is 1. The number of rotatable bonds is 6. The van der Waals surface area contributed by atoms with Crippen molar-refractivity contribution in [1.82, 2.24) is 25.0 Å². The van der Waals surface area contributed by atoms with Crippen LogP contribution in [0.5, 0.6) is 0 Å². The summed E-state index contributed by atoms with van der Waals surface area (Å²) in [6.45, 7) is -0.0185. The highest BCUT2D eigenvalue weighted by Crippen LogP contribution is 2.27. The van der Waals surface area contributed by atoms with Crippen LogP contribution >= 0.6 is 0 Å². The van der Waals surface area contributed by atoms with E-state index in [9.17, 15) is 26.7 Å². The first kappa shape index (κ1) is 21.9. The standard InChI is InChI=1S/C20H19F5N6O/c21-11-1-3-26-7-14(11)29-19-13(23)6-12(22)18(30-19)15-8-27-17-5-10(2-4-31(15)17)20(32)28-9-16(24)25/h2,4-6,8,11,14,16,26H,1,3,7,9H2,(H,28,32)(H,29,30)/t11-,14-/m0/s1. The number of nitrogens with one attached hydrogen (secondary N) is 3. The van der Waals surface area contributed by atoms with Crippen LogP contribution in [0.3, 0.4) is 0 Å². The maximum atomic E-state index is 14.6. The van der Waals surface area contributed by atoms with Crippen LogP contribution in [0.15, 0.2) is 30.6 Å². The maximum Gasteiger partial charge on any atom is 0.255 e. The monoisotopic (exact) mass is 454 g/mol. The Hall–Kier alpha value is -3.28. The lowest BCUT2D eigenvalue weighted by Gasteiger charge is -2.28. The molecule has 3 N–H and O–H groups in total. The molecule has 0 spiro atoms. The van der Waals surface area contributed by atoms with Gasteiger partial charge < -0.3 is 16.0 Å². The average molecular weight is 454 g/mol. The minimum Gasteiger partial charge on any atom is -0.361 e. The number of halogens is 5. The largest absolute Gasteiger partial charge is 0.361 e. The number of aromatic nitrogens is 3. The average Bonchev–Trinajstić information content (AvgIpc) is 3.18. The lowest BCUT2D eigenvalue weighted by Crippen LogP contribution is -2.46. The van der Waals surface area contributed by atoms with Crippen molar-refractivity contribution in [3.05, 3.63) is 47.8 Å². The molecule has 170 valence electrons. The van der Waals surface area contributed by atoms with Crippen molar-refractivity contribution in [2.45, 2.75) is 25.1 Å². The Bertz CT molecular complexity index is 1140. The number of piperidine rings is 1. The van der Waals surface area contributed by atoms with Gasteiger partial charge in [0, 0.05) is 24.4 Å². The summed E-state index contributed by atoms with van der Waals surface area (Å²) in [5.41, 5.74) is 0.253. The lowest BCUT2D eigenvalue weighted by atomic mass is 10.1. The zero-order valence-corrected chi connectivity index (χ0v) is 16.6. The quantitative estimate of drug-likeness (QED) is 0.499. The van der Waals surface area contributed by atoms with Crippen molar-refractivity contribution in [2.24, 2.45) is 0 Å². The topological polar surface area (TPSA) is 83.4 Å². The van der Waals surface area contributed by atoms with E-state index < -0.39 is 42.7 Å². The van der Waals surface area contributed by atoms with Crippen LogP contribution in [0, 0.1) is 11.6 Å². The van der Waals surface area contributed by atoms with Crippen molar-refractivity contribution in [2.75, 3.05) is 25.0 Å². The second-order valence-electron chi connectivity index (χ2n) is 7.30. The summed E-state index contributed by atoms with van der Waals surface area (Å²) in [6.07, 6.45) is -0.962. The number of anilines is 1. The highest BCUT2D eigenvalue weighted by atomic mass is 19.3. The molecule has 0 bridgehead atoms. The van der Waals surface area contributed by atoms with Gasteiger partial charge in [0.25, 0.3) is 12.3 Å². The molecule has 0 aliphatic carbocycles. The molecule has 12 heteroatoms. The van der Waals surface area contributed by atoms with Gasteiger partial charge in [-0.3, -0.25) is 9.20 Å². The molecule has 4 heterocycles. The van der Waals surface area contributed by atoms with Gasteiger partial charge in [0.05, 0.1) is 24.5 Å². The van der Waals surface area contributed by atoms with Gasteiger partial charge >= 0.3 is 0 Å². The van der Waals surface area contributed by atoms with E-state index in [1.807, 2.05) is 0 Å². The van der Waals surface area contributed by atoms with Crippen LogP contribution in [0.25, 0.3) is 17.0 Å². The fraction of sp³-hybridized carbons (Fsp3) is 0.350. The zero-order valence-electron chi connectivity index (χ0n) is 16.6. The van der Waals surface area contributed by atoms with Gasteiger partial charge in [0.15, 0.2) is 17.5 Å². The third kappa shape index (κ3) is 4.49.